The van der Waals surface area contributed by atoms with Gasteiger partial charge in [0, 0.05) is 23.7 Å². The van der Waals surface area contributed by atoms with Gasteiger partial charge in [0.05, 0.1) is 11.1 Å². The van der Waals surface area contributed by atoms with Gasteiger partial charge in [-0.2, -0.15) is 0 Å². The lowest BCUT2D eigenvalue weighted by atomic mass is 9.77. The van der Waals surface area contributed by atoms with Crippen molar-refractivity contribution in [3.8, 4) is 23.0 Å². The number of benzene rings is 3. The number of ether oxygens (including phenoxy) is 2. The quantitative estimate of drug-likeness (QED) is 0.0766. The van der Waals surface area contributed by atoms with Crippen LogP contribution in [0.15, 0.2) is 54.6 Å². The zero-order chi connectivity index (χ0) is 30.8. The Bertz CT molecular complexity index is 1400. The van der Waals surface area contributed by atoms with Gasteiger partial charge < -0.3 is 25.0 Å². The lowest BCUT2D eigenvalue weighted by Crippen LogP contribution is -2.33. The number of phenols is 2. The zero-order valence-electron chi connectivity index (χ0n) is 26.3. The fraction of sp³-hybridized carbons (Fsp3) is 0.500. The van der Waals surface area contributed by atoms with Gasteiger partial charge in [-0.15, -0.1) is 0 Å². The smallest absolute Gasteiger partial charge is 0.340 e. The summed E-state index contributed by atoms with van der Waals surface area (Å²) in [4.78, 5) is 13.0. The highest BCUT2D eigenvalue weighted by molar-refractivity contribution is 5.97. The summed E-state index contributed by atoms with van der Waals surface area (Å²) >= 11 is 0. The summed E-state index contributed by atoms with van der Waals surface area (Å²) in [5.41, 5.74) is 1.72. The minimum Gasteiger partial charge on any atom is -0.508 e. The van der Waals surface area contributed by atoms with E-state index in [1.807, 2.05) is 18.2 Å². The van der Waals surface area contributed by atoms with Gasteiger partial charge in [-0.25, -0.2) is 4.79 Å². The van der Waals surface area contributed by atoms with Gasteiger partial charge in [0.15, 0.2) is 11.4 Å². The second kappa shape index (κ2) is 15.4. The van der Waals surface area contributed by atoms with E-state index in [4.69, 9.17) is 9.47 Å². The lowest BCUT2D eigenvalue weighted by molar-refractivity contribution is 0.0224. The van der Waals surface area contributed by atoms with Crippen LogP contribution >= 0.6 is 0 Å². The molecule has 3 N–H and O–H groups in total. The van der Waals surface area contributed by atoms with Crippen molar-refractivity contribution in [2.45, 2.75) is 115 Å². The Morgan fingerprint density at radius 1 is 0.682 bits per heavy atom. The maximum absolute atomic E-state index is 13.0. The molecule has 6 heteroatoms. The number of carbonyl (C=O) groups excluding carboxylic acids is 1. The van der Waals surface area contributed by atoms with Crippen molar-refractivity contribution in [2.24, 2.45) is 0 Å². The van der Waals surface area contributed by atoms with Crippen LogP contribution in [0, 0.1) is 0 Å². The molecule has 44 heavy (non-hydrogen) atoms. The first kappa shape index (κ1) is 31.7. The molecule has 5 rings (SSSR count). The molecule has 3 aromatic rings. The Labute approximate surface area is 262 Å². The van der Waals surface area contributed by atoms with E-state index in [9.17, 15) is 15.0 Å². The van der Waals surface area contributed by atoms with E-state index in [2.05, 4.69) is 12.2 Å². The fourth-order valence-electron chi connectivity index (χ4n) is 6.77. The van der Waals surface area contributed by atoms with Crippen LogP contribution in [0.2, 0.25) is 0 Å². The minimum absolute atomic E-state index is 0.0442. The monoisotopic (exact) mass is 599 g/mol. The third kappa shape index (κ3) is 7.00. The zero-order valence-corrected chi connectivity index (χ0v) is 26.3. The normalized spacial score (nSPS) is 16.2. The summed E-state index contributed by atoms with van der Waals surface area (Å²) in [7, 11) is 0. The summed E-state index contributed by atoms with van der Waals surface area (Å²) in [6.07, 6.45) is 21.1. The molecule has 0 saturated carbocycles. The molecule has 0 radical (unpaired) electrons. The Kier molecular flexibility index (Phi) is 11.1. The van der Waals surface area contributed by atoms with Gasteiger partial charge in [-0.3, -0.25) is 0 Å². The second-order valence-electron chi connectivity index (χ2n) is 12.5. The van der Waals surface area contributed by atoms with Gasteiger partial charge >= 0.3 is 5.97 Å². The SMILES string of the molecule is CCCCCCCCCCCCCCCCCCNc1c(O)ccc2c1Oc1cc(O)ccc1C21OC(=O)c2ccccc21. The molecular weight excluding hydrogens is 550 g/mol. The molecular formula is C38H49NO5. The molecule has 3 aromatic carbocycles. The number of nitrogens with one attached hydrogen (secondary N) is 1. The first-order valence-corrected chi connectivity index (χ1v) is 17.0. The number of rotatable bonds is 18. The summed E-state index contributed by atoms with van der Waals surface area (Å²) in [6, 6.07) is 15.6. The number of hydrogen-bond acceptors (Lipinski definition) is 6. The molecule has 1 unspecified atom stereocenters. The first-order valence-electron chi connectivity index (χ1n) is 17.0. The Morgan fingerprint density at radius 3 is 1.93 bits per heavy atom. The van der Waals surface area contributed by atoms with Crippen molar-refractivity contribution in [3.63, 3.8) is 0 Å². The minimum atomic E-state index is -1.23. The van der Waals surface area contributed by atoms with E-state index in [1.54, 1.807) is 30.3 Å². The maximum Gasteiger partial charge on any atom is 0.340 e. The van der Waals surface area contributed by atoms with Crippen LogP contribution < -0.4 is 10.1 Å². The van der Waals surface area contributed by atoms with Gasteiger partial charge in [-0.1, -0.05) is 121 Å². The average molecular weight is 600 g/mol. The van der Waals surface area contributed by atoms with Crippen LogP contribution in [-0.2, 0) is 10.3 Å². The molecule has 2 aliphatic heterocycles. The third-order valence-electron chi connectivity index (χ3n) is 9.18. The maximum atomic E-state index is 13.0. The molecule has 1 atom stereocenters. The van der Waals surface area contributed by atoms with E-state index in [1.165, 1.54) is 96.0 Å². The van der Waals surface area contributed by atoms with E-state index in [0.29, 0.717) is 40.4 Å². The number of fused-ring (bicyclic) bond motifs is 6. The van der Waals surface area contributed by atoms with Crippen LogP contribution in [0.1, 0.15) is 137 Å². The molecule has 0 saturated heterocycles. The summed E-state index contributed by atoms with van der Waals surface area (Å²) in [5.74, 6) is 0.491. The van der Waals surface area contributed by atoms with Crippen LogP contribution in [0.3, 0.4) is 0 Å². The number of unbranched alkanes of at least 4 members (excludes halogenated alkanes) is 15. The highest BCUT2D eigenvalue weighted by Crippen LogP contribution is 2.59. The van der Waals surface area contributed by atoms with Crippen LogP contribution in [0.5, 0.6) is 23.0 Å². The Morgan fingerprint density at radius 2 is 1.27 bits per heavy atom. The third-order valence-corrected chi connectivity index (χ3v) is 9.18. The molecule has 236 valence electrons. The number of phenolic OH excluding ortho intramolecular Hbond substituents is 2. The number of esters is 1. The topological polar surface area (TPSA) is 88.0 Å². The Balaban J connectivity index is 1.11. The first-order chi connectivity index (χ1) is 21.6. The average Bonchev–Trinajstić information content (AvgIpc) is 3.32. The number of aromatic hydroxyl groups is 2. The van der Waals surface area contributed by atoms with Gasteiger partial charge in [0.25, 0.3) is 0 Å². The highest BCUT2D eigenvalue weighted by Gasteiger charge is 2.54. The van der Waals surface area contributed by atoms with Crippen molar-refractivity contribution >= 4 is 11.7 Å². The summed E-state index contributed by atoms with van der Waals surface area (Å²) < 4.78 is 12.5. The van der Waals surface area contributed by atoms with Crippen molar-refractivity contribution < 1.29 is 24.5 Å². The van der Waals surface area contributed by atoms with Gasteiger partial charge in [0.1, 0.15) is 22.9 Å². The predicted molar refractivity (Wildman–Crippen MR) is 176 cm³/mol. The predicted octanol–water partition coefficient (Wildman–Crippen LogP) is 10.3. The van der Waals surface area contributed by atoms with E-state index in [0.717, 1.165) is 18.4 Å². The van der Waals surface area contributed by atoms with Gasteiger partial charge in [0.2, 0.25) is 0 Å². The largest absolute Gasteiger partial charge is 0.508 e. The molecule has 2 heterocycles. The Hall–Kier alpha value is -3.67. The number of carbonyl (C=O) groups is 1. The van der Waals surface area contributed by atoms with Crippen molar-refractivity contribution in [2.75, 3.05) is 11.9 Å². The molecule has 0 aliphatic carbocycles. The standard InChI is InChI=1S/C38H49NO5/c1-2-3-4-5-6-7-8-9-10-11-12-13-14-15-16-19-26-39-35-33(41)25-24-32-36(35)43-34-27-28(40)22-23-31(34)38(32)30-21-18-17-20-29(30)37(42)44-38/h17-18,20-25,27,39-41H,2-16,19,26H2,1H3. The lowest BCUT2D eigenvalue weighted by Gasteiger charge is -2.37. The molecule has 0 aromatic heterocycles. The molecule has 6 nitrogen and oxygen atoms in total. The molecule has 0 bridgehead atoms. The fourth-order valence-corrected chi connectivity index (χ4v) is 6.77. The highest BCUT2D eigenvalue weighted by atomic mass is 16.6. The number of anilines is 1. The van der Waals surface area contributed by atoms with Crippen molar-refractivity contribution in [3.05, 3.63) is 76.9 Å². The summed E-state index contributed by atoms with van der Waals surface area (Å²) in [5, 5.41) is 24.5. The van der Waals surface area contributed by atoms with E-state index >= 15 is 0 Å². The molecule has 0 fully saturated rings. The second-order valence-corrected chi connectivity index (χ2v) is 12.5. The molecule has 2 aliphatic rings. The van der Waals surface area contributed by atoms with Crippen molar-refractivity contribution in [1.82, 2.24) is 0 Å². The van der Waals surface area contributed by atoms with E-state index in [-0.39, 0.29) is 11.5 Å². The van der Waals surface area contributed by atoms with Crippen molar-refractivity contribution in [1.29, 1.82) is 0 Å². The van der Waals surface area contributed by atoms with Crippen LogP contribution in [-0.4, -0.2) is 22.7 Å². The van der Waals surface area contributed by atoms with Crippen LogP contribution in [0.4, 0.5) is 5.69 Å². The van der Waals surface area contributed by atoms with Gasteiger partial charge in [-0.05, 0) is 36.8 Å². The number of hydrogen-bond donors (Lipinski definition) is 3. The molecule has 0 amide bonds. The van der Waals surface area contributed by atoms with Crippen LogP contribution in [0.25, 0.3) is 0 Å². The summed E-state index contributed by atoms with van der Waals surface area (Å²) in [6.45, 7) is 2.96. The molecule has 1 spiro atoms. The van der Waals surface area contributed by atoms with E-state index < -0.39 is 11.6 Å².